The van der Waals surface area contributed by atoms with E-state index in [1.807, 2.05) is 12.3 Å². The van der Waals surface area contributed by atoms with Gasteiger partial charge in [0.25, 0.3) is 0 Å². The van der Waals surface area contributed by atoms with E-state index < -0.39 is 0 Å². The van der Waals surface area contributed by atoms with Crippen LogP contribution >= 0.6 is 0 Å². The quantitative estimate of drug-likeness (QED) is 0.821. The van der Waals surface area contributed by atoms with Crippen molar-refractivity contribution < 1.29 is 0 Å². The molecule has 1 saturated carbocycles. The average Bonchev–Trinajstić information content (AvgIpc) is 2.46. The SMILES string of the molecule is CCNc1nccc(NC(CC)C2CCCCC2)n1. The Balaban J connectivity index is 1.98. The van der Waals surface area contributed by atoms with Crippen molar-refractivity contribution in [3.63, 3.8) is 0 Å². The predicted molar refractivity (Wildman–Crippen MR) is 80.5 cm³/mol. The van der Waals surface area contributed by atoms with Crippen LogP contribution in [0, 0.1) is 5.92 Å². The van der Waals surface area contributed by atoms with E-state index in [9.17, 15) is 0 Å². The lowest BCUT2D eigenvalue weighted by molar-refractivity contribution is 0.312. The van der Waals surface area contributed by atoms with Crippen LogP contribution in [0.2, 0.25) is 0 Å². The van der Waals surface area contributed by atoms with Crippen LogP contribution in [0.1, 0.15) is 52.4 Å². The molecule has 0 bridgehead atoms. The van der Waals surface area contributed by atoms with E-state index in [-0.39, 0.29) is 0 Å². The second-order valence-electron chi connectivity index (χ2n) is 5.35. The van der Waals surface area contributed by atoms with Gasteiger partial charge in [0, 0.05) is 18.8 Å². The summed E-state index contributed by atoms with van der Waals surface area (Å²) in [5, 5.41) is 6.76. The Kier molecular flexibility index (Phi) is 5.43. The molecule has 0 aromatic carbocycles. The Morgan fingerprint density at radius 3 is 2.74 bits per heavy atom. The molecule has 1 fully saturated rings. The molecule has 4 heteroatoms. The van der Waals surface area contributed by atoms with E-state index in [2.05, 4.69) is 34.4 Å². The van der Waals surface area contributed by atoms with Crippen LogP contribution < -0.4 is 10.6 Å². The lowest BCUT2D eigenvalue weighted by Crippen LogP contribution is -2.30. The van der Waals surface area contributed by atoms with Crippen LogP contribution in [0.3, 0.4) is 0 Å². The molecule has 0 spiro atoms. The molecule has 1 aliphatic carbocycles. The van der Waals surface area contributed by atoms with Crippen LogP contribution in [0.4, 0.5) is 11.8 Å². The van der Waals surface area contributed by atoms with Crippen molar-refractivity contribution in [1.82, 2.24) is 9.97 Å². The van der Waals surface area contributed by atoms with Gasteiger partial charge in [-0.1, -0.05) is 26.2 Å². The minimum Gasteiger partial charge on any atom is -0.367 e. The van der Waals surface area contributed by atoms with Crippen molar-refractivity contribution in [2.24, 2.45) is 5.92 Å². The summed E-state index contributed by atoms with van der Waals surface area (Å²) in [4.78, 5) is 8.72. The van der Waals surface area contributed by atoms with Crippen molar-refractivity contribution in [3.05, 3.63) is 12.3 Å². The zero-order valence-corrected chi connectivity index (χ0v) is 12.2. The van der Waals surface area contributed by atoms with E-state index in [0.29, 0.717) is 12.0 Å². The molecule has 1 aromatic rings. The molecule has 1 aliphatic rings. The fourth-order valence-corrected chi connectivity index (χ4v) is 2.96. The summed E-state index contributed by atoms with van der Waals surface area (Å²) in [5.41, 5.74) is 0. The van der Waals surface area contributed by atoms with Crippen LogP contribution in [-0.4, -0.2) is 22.6 Å². The molecule has 0 amide bonds. The maximum Gasteiger partial charge on any atom is 0.224 e. The number of nitrogens with one attached hydrogen (secondary N) is 2. The van der Waals surface area contributed by atoms with Gasteiger partial charge in [-0.15, -0.1) is 0 Å². The minimum absolute atomic E-state index is 0.546. The van der Waals surface area contributed by atoms with Gasteiger partial charge in [0.05, 0.1) is 0 Å². The highest BCUT2D eigenvalue weighted by atomic mass is 15.1. The third-order valence-electron chi connectivity index (χ3n) is 3.98. The molecule has 1 atom stereocenters. The smallest absolute Gasteiger partial charge is 0.224 e. The highest BCUT2D eigenvalue weighted by Gasteiger charge is 2.22. The van der Waals surface area contributed by atoms with Gasteiger partial charge < -0.3 is 10.6 Å². The Labute approximate surface area is 116 Å². The topological polar surface area (TPSA) is 49.8 Å². The van der Waals surface area contributed by atoms with Crippen molar-refractivity contribution in [1.29, 1.82) is 0 Å². The maximum absolute atomic E-state index is 4.51. The van der Waals surface area contributed by atoms with Crippen LogP contribution in [0.25, 0.3) is 0 Å². The highest BCUT2D eigenvalue weighted by molar-refractivity contribution is 5.40. The molecule has 0 saturated heterocycles. The second-order valence-corrected chi connectivity index (χ2v) is 5.35. The van der Waals surface area contributed by atoms with Gasteiger partial charge in [-0.25, -0.2) is 4.98 Å². The Bertz CT molecular complexity index is 374. The normalized spacial score (nSPS) is 18.0. The molecule has 2 N–H and O–H groups in total. The average molecular weight is 262 g/mol. The van der Waals surface area contributed by atoms with Crippen molar-refractivity contribution in [2.75, 3.05) is 17.2 Å². The Morgan fingerprint density at radius 1 is 1.26 bits per heavy atom. The molecule has 1 heterocycles. The van der Waals surface area contributed by atoms with E-state index in [0.717, 1.165) is 24.7 Å². The van der Waals surface area contributed by atoms with E-state index in [4.69, 9.17) is 0 Å². The summed E-state index contributed by atoms with van der Waals surface area (Å²) in [6.45, 7) is 5.17. The van der Waals surface area contributed by atoms with Crippen LogP contribution in [0.15, 0.2) is 12.3 Å². The second kappa shape index (κ2) is 7.31. The Morgan fingerprint density at radius 2 is 2.05 bits per heavy atom. The van der Waals surface area contributed by atoms with E-state index in [1.165, 1.54) is 32.1 Å². The molecule has 106 valence electrons. The lowest BCUT2D eigenvalue weighted by atomic mass is 9.83. The fourth-order valence-electron chi connectivity index (χ4n) is 2.96. The molecular weight excluding hydrogens is 236 g/mol. The van der Waals surface area contributed by atoms with Gasteiger partial charge in [-0.05, 0) is 38.2 Å². The third kappa shape index (κ3) is 4.08. The van der Waals surface area contributed by atoms with Crippen LogP contribution in [-0.2, 0) is 0 Å². The molecule has 0 aliphatic heterocycles. The maximum atomic E-state index is 4.51. The van der Waals surface area contributed by atoms with Gasteiger partial charge >= 0.3 is 0 Å². The first kappa shape index (κ1) is 14.1. The first-order chi connectivity index (χ1) is 9.33. The molecular formula is C15H26N4. The molecule has 2 rings (SSSR count). The number of rotatable bonds is 6. The van der Waals surface area contributed by atoms with Crippen molar-refractivity contribution in [3.8, 4) is 0 Å². The summed E-state index contributed by atoms with van der Waals surface area (Å²) in [6.07, 6.45) is 9.87. The molecule has 4 nitrogen and oxygen atoms in total. The molecule has 1 unspecified atom stereocenters. The zero-order valence-electron chi connectivity index (χ0n) is 12.2. The summed E-state index contributed by atoms with van der Waals surface area (Å²) in [5.74, 6) is 2.46. The summed E-state index contributed by atoms with van der Waals surface area (Å²) < 4.78 is 0. The molecule has 0 radical (unpaired) electrons. The Hall–Kier alpha value is -1.32. The number of hydrogen-bond acceptors (Lipinski definition) is 4. The first-order valence-electron chi connectivity index (χ1n) is 7.67. The number of hydrogen-bond donors (Lipinski definition) is 2. The van der Waals surface area contributed by atoms with Gasteiger partial charge in [0.15, 0.2) is 0 Å². The predicted octanol–water partition coefficient (Wildman–Crippen LogP) is 3.68. The summed E-state index contributed by atoms with van der Waals surface area (Å²) >= 11 is 0. The monoisotopic (exact) mass is 262 g/mol. The zero-order chi connectivity index (χ0) is 13.5. The first-order valence-corrected chi connectivity index (χ1v) is 7.67. The molecule has 1 aromatic heterocycles. The van der Waals surface area contributed by atoms with Crippen molar-refractivity contribution in [2.45, 2.75) is 58.4 Å². The van der Waals surface area contributed by atoms with E-state index in [1.54, 1.807) is 0 Å². The number of nitrogens with zero attached hydrogens (tertiary/aromatic N) is 2. The van der Waals surface area contributed by atoms with Gasteiger partial charge in [-0.3, -0.25) is 0 Å². The highest BCUT2D eigenvalue weighted by Crippen LogP contribution is 2.29. The third-order valence-corrected chi connectivity index (χ3v) is 3.98. The number of aromatic nitrogens is 2. The summed E-state index contributed by atoms with van der Waals surface area (Å²) in [7, 11) is 0. The van der Waals surface area contributed by atoms with Crippen molar-refractivity contribution >= 4 is 11.8 Å². The molecule has 19 heavy (non-hydrogen) atoms. The standard InChI is InChI=1S/C15H26N4/c1-3-13(12-8-6-5-7-9-12)18-14-10-11-17-15(19-14)16-4-2/h10-13H,3-9H2,1-2H3,(H2,16,17,18,19). The fraction of sp³-hybridized carbons (Fsp3) is 0.733. The van der Waals surface area contributed by atoms with Gasteiger partial charge in [-0.2, -0.15) is 4.98 Å². The van der Waals surface area contributed by atoms with Crippen LogP contribution in [0.5, 0.6) is 0 Å². The van der Waals surface area contributed by atoms with Gasteiger partial charge in [0.1, 0.15) is 5.82 Å². The van der Waals surface area contributed by atoms with Gasteiger partial charge in [0.2, 0.25) is 5.95 Å². The largest absolute Gasteiger partial charge is 0.367 e. The number of anilines is 2. The minimum atomic E-state index is 0.546. The summed E-state index contributed by atoms with van der Waals surface area (Å²) in [6, 6.07) is 2.51. The lowest BCUT2D eigenvalue weighted by Gasteiger charge is -2.30. The van der Waals surface area contributed by atoms with E-state index >= 15 is 0 Å².